The van der Waals surface area contributed by atoms with E-state index in [1.165, 1.54) is 0 Å². The molecule has 1 rings (SSSR count). The van der Waals surface area contributed by atoms with Crippen LogP contribution in [0.4, 0.5) is 0 Å². The zero-order chi connectivity index (χ0) is 12.5. The smallest absolute Gasteiger partial charge is 0.119 e. The molecule has 2 N–H and O–H groups in total. The van der Waals surface area contributed by atoms with Crippen LogP contribution in [0.15, 0.2) is 24.3 Å². The van der Waals surface area contributed by atoms with Crippen LogP contribution >= 0.6 is 0 Å². The van der Waals surface area contributed by atoms with Gasteiger partial charge in [-0.1, -0.05) is 26.0 Å². The molecule has 96 valence electrons. The fraction of sp³-hybridized carbons (Fsp3) is 0.571. The molecule has 0 aromatic heterocycles. The Morgan fingerprint density at radius 2 is 2.00 bits per heavy atom. The Balaban J connectivity index is 2.38. The topological polar surface area (TPSA) is 44.5 Å². The lowest BCUT2D eigenvalue weighted by molar-refractivity contribution is 0.101. The summed E-state index contributed by atoms with van der Waals surface area (Å²) in [7, 11) is 0. The molecule has 1 unspecified atom stereocenters. The zero-order valence-electron chi connectivity index (χ0n) is 10.8. The first-order chi connectivity index (χ1) is 8.27. The van der Waals surface area contributed by atoms with E-state index in [-0.39, 0.29) is 6.04 Å². The summed E-state index contributed by atoms with van der Waals surface area (Å²) >= 11 is 0. The van der Waals surface area contributed by atoms with Crippen molar-refractivity contribution in [2.45, 2.75) is 32.7 Å². The van der Waals surface area contributed by atoms with Crippen molar-refractivity contribution in [3.63, 3.8) is 0 Å². The van der Waals surface area contributed by atoms with Gasteiger partial charge in [-0.05, 0) is 30.5 Å². The first kappa shape index (κ1) is 14.0. The normalized spacial score (nSPS) is 12.4. The Labute approximate surface area is 104 Å². The van der Waals surface area contributed by atoms with Gasteiger partial charge in [0.1, 0.15) is 12.4 Å². The van der Waals surface area contributed by atoms with Crippen LogP contribution in [-0.4, -0.2) is 19.8 Å². The molecule has 0 amide bonds. The van der Waals surface area contributed by atoms with Gasteiger partial charge in [-0.25, -0.2) is 0 Å². The minimum atomic E-state index is 0.0925. The third kappa shape index (κ3) is 5.20. The van der Waals surface area contributed by atoms with E-state index >= 15 is 0 Å². The molecule has 0 aliphatic heterocycles. The molecule has 3 nitrogen and oxygen atoms in total. The lowest BCUT2D eigenvalue weighted by atomic mass is 10.1. The molecule has 3 heteroatoms. The summed E-state index contributed by atoms with van der Waals surface area (Å²) in [4.78, 5) is 0. The highest BCUT2D eigenvalue weighted by Gasteiger charge is 2.04. The van der Waals surface area contributed by atoms with E-state index in [1.54, 1.807) is 0 Å². The highest BCUT2D eigenvalue weighted by Crippen LogP contribution is 2.19. The number of benzene rings is 1. The zero-order valence-corrected chi connectivity index (χ0v) is 10.8. The molecule has 0 saturated carbocycles. The summed E-state index contributed by atoms with van der Waals surface area (Å²) in [5.41, 5.74) is 7.10. The number of ether oxygens (including phenoxy) is 2. The number of rotatable bonds is 8. The molecule has 0 bridgehead atoms. The number of hydrogen-bond acceptors (Lipinski definition) is 3. The standard InChI is InChI=1S/C14H23NO2/c1-3-8-16-9-10-17-13-7-5-6-12(11-13)14(15)4-2/h5-7,11,14H,3-4,8-10,15H2,1-2H3. The average Bonchev–Trinajstić information content (AvgIpc) is 2.38. The molecule has 0 fully saturated rings. The van der Waals surface area contributed by atoms with Gasteiger partial charge < -0.3 is 15.2 Å². The fourth-order valence-electron chi connectivity index (χ4n) is 1.54. The van der Waals surface area contributed by atoms with Crippen LogP contribution < -0.4 is 10.5 Å². The van der Waals surface area contributed by atoms with Crippen molar-refractivity contribution in [3.05, 3.63) is 29.8 Å². The number of nitrogens with two attached hydrogens (primary N) is 1. The summed E-state index contributed by atoms with van der Waals surface area (Å²) in [5.74, 6) is 0.867. The molecule has 0 aliphatic rings. The van der Waals surface area contributed by atoms with Gasteiger partial charge in [0.25, 0.3) is 0 Å². The summed E-state index contributed by atoms with van der Waals surface area (Å²) in [6.45, 7) is 6.19. The van der Waals surface area contributed by atoms with Gasteiger partial charge in [0.15, 0.2) is 0 Å². The molecule has 1 aromatic rings. The second-order valence-electron chi connectivity index (χ2n) is 4.05. The monoisotopic (exact) mass is 237 g/mol. The quantitative estimate of drug-likeness (QED) is 0.707. The van der Waals surface area contributed by atoms with Crippen LogP contribution in [-0.2, 0) is 4.74 Å². The predicted molar refractivity (Wildman–Crippen MR) is 70.3 cm³/mol. The maximum absolute atomic E-state index is 5.98. The van der Waals surface area contributed by atoms with Crippen LogP contribution in [0.5, 0.6) is 5.75 Å². The fourth-order valence-corrected chi connectivity index (χ4v) is 1.54. The first-order valence-corrected chi connectivity index (χ1v) is 6.34. The van der Waals surface area contributed by atoms with E-state index in [0.29, 0.717) is 13.2 Å². The van der Waals surface area contributed by atoms with Gasteiger partial charge in [-0.3, -0.25) is 0 Å². The van der Waals surface area contributed by atoms with Crippen molar-refractivity contribution >= 4 is 0 Å². The van der Waals surface area contributed by atoms with Gasteiger partial charge in [0.2, 0.25) is 0 Å². The van der Waals surface area contributed by atoms with Crippen molar-refractivity contribution in [1.29, 1.82) is 0 Å². The summed E-state index contributed by atoms with van der Waals surface area (Å²) in [5, 5.41) is 0. The average molecular weight is 237 g/mol. The number of hydrogen-bond donors (Lipinski definition) is 1. The largest absolute Gasteiger partial charge is 0.491 e. The molecule has 17 heavy (non-hydrogen) atoms. The van der Waals surface area contributed by atoms with Crippen molar-refractivity contribution in [1.82, 2.24) is 0 Å². The van der Waals surface area contributed by atoms with Gasteiger partial charge in [0.05, 0.1) is 6.61 Å². The Bertz CT molecular complexity index is 315. The van der Waals surface area contributed by atoms with E-state index in [9.17, 15) is 0 Å². The Morgan fingerprint density at radius 3 is 2.71 bits per heavy atom. The molecule has 0 heterocycles. The second kappa shape index (κ2) is 8.09. The summed E-state index contributed by atoms with van der Waals surface area (Å²) in [6, 6.07) is 8.07. The minimum absolute atomic E-state index is 0.0925. The SMILES string of the molecule is CCCOCCOc1cccc(C(N)CC)c1. The minimum Gasteiger partial charge on any atom is -0.491 e. The van der Waals surface area contributed by atoms with Gasteiger partial charge in [-0.2, -0.15) is 0 Å². The first-order valence-electron chi connectivity index (χ1n) is 6.34. The third-order valence-electron chi connectivity index (χ3n) is 2.57. The van der Waals surface area contributed by atoms with Crippen molar-refractivity contribution in [2.75, 3.05) is 19.8 Å². The van der Waals surface area contributed by atoms with E-state index in [4.69, 9.17) is 15.2 Å². The van der Waals surface area contributed by atoms with E-state index in [2.05, 4.69) is 13.8 Å². The van der Waals surface area contributed by atoms with Crippen LogP contribution in [0.2, 0.25) is 0 Å². The summed E-state index contributed by atoms with van der Waals surface area (Å²) in [6.07, 6.45) is 1.98. The molecule has 0 radical (unpaired) electrons. The molecule has 1 atom stereocenters. The molecule has 0 saturated heterocycles. The van der Waals surface area contributed by atoms with E-state index in [1.807, 2.05) is 24.3 Å². The maximum atomic E-state index is 5.98. The molecular weight excluding hydrogens is 214 g/mol. The maximum Gasteiger partial charge on any atom is 0.119 e. The molecule has 0 spiro atoms. The summed E-state index contributed by atoms with van der Waals surface area (Å²) < 4.78 is 11.0. The van der Waals surface area contributed by atoms with Gasteiger partial charge in [-0.15, -0.1) is 0 Å². The second-order valence-corrected chi connectivity index (χ2v) is 4.05. The Kier molecular flexibility index (Phi) is 6.67. The van der Waals surface area contributed by atoms with Gasteiger partial charge >= 0.3 is 0 Å². The highest BCUT2D eigenvalue weighted by atomic mass is 16.5. The molecule has 0 aliphatic carbocycles. The predicted octanol–water partition coefficient (Wildman–Crippen LogP) is 2.90. The lowest BCUT2D eigenvalue weighted by Crippen LogP contribution is -2.10. The Hall–Kier alpha value is -1.06. The molecular formula is C14H23NO2. The van der Waals surface area contributed by atoms with Crippen LogP contribution in [0, 0.1) is 0 Å². The van der Waals surface area contributed by atoms with Crippen molar-refractivity contribution in [2.24, 2.45) is 5.73 Å². The van der Waals surface area contributed by atoms with E-state index < -0.39 is 0 Å². The highest BCUT2D eigenvalue weighted by molar-refractivity contribution is 5.30. The van der Waals surface area contributed by atoms with Crippen molar-refractivity contribution < 1.29 is 9.47 Å². The third-order valence-corrected chi connectivity index (χ3v) is 2.57. The molecule has 1 aromatic carbocycles. The van der Waals surface area contributed by atoms with Crippen LogP contribution in [0.1, 0.15) is 38.3 Å². The van der Waals surface area contributed by atoms with Crippen LogP contribution in [0.25, 0.3) is 0 Å². The van der Waals surface area contributed by atoms with Crippen molar-refractivity contribution in [3.8, 4) is 5.75 Å². The Morgan fingerprint density at radius 1 is 1.18 bits per heavy atom. The van der Waals surface area contributed by atoms with Crippen LogP contribution in [0.3, 0.4) is 0 Å². The van der Waals surface area contributed by atoms with Gasteiger partial charge in [0, 0.05) is 12.6 Å². The van der Waals surface area contributed by atoms with E-state index in [0.717, 1.165) is 30.8 Å². The lowest BCUT2D eigenvalue weighted by Gasteiger charge is -2.12.